The summed E-state index contributed by atoms with van der Waals surface area (Å²) in [6.45, 7) is 0. The highest BCUT2D eigenvalue weighted by atomic mass is 79.9. The van der Waals surface area contributed by atoms with Gasteiger partial charge in [0, 0.05) is 17.8 Å². The van der Waals surface area contributed by atoms with E-state index in [4.69, 9.17) is 4.42 Å². The second-order valence-electron chi connectivity index (χ2n) is 3.62. The third-order valence-electron chi connectivity index (χ3n) is 2.12. The average Bonchev–Trinajstić information content (AvgIpc) is 2.71. The lowest BCUT2D eigenvalue weighted by atomic mass is 10.3. The second kappa shape index (κ2) is 5.79. The Morgan fingerprint density at radius 1 is 1.21 bits per heavy atom. The van der Waals surface area contributed by atoms with Crippen LogP contribution in [0.1, 0.15) is 5.76 Å². The van der Waals surface area contributed by atoms with Gasteiger partial charge in [-0.3, -0.25) is 4.79 Å². The summed E-state index contributed by atoms with van der Waals surface area (Å²) in [5, 5.41) is 2.34. The second-order valence-corrected chi connectivity index (χ2v) is 4.40. The first kappa shape index (κ1) is 13.5. The number of rotatable bonds is 3. The van der Waals surface area contributed by atoms with E-state index >= 15 is 0 Å². The van der Waals surface area contributed by atoms with Crippen LogP contribution in [-0.2, 0) is 4.79 Å². The molecule has 1 amide bonds. The van der Waals surface area contributed by atoms with Crippen LogP contribution < -0.4 is 5.32 Å². The zero-order valence-electron chi connectivity index (χ0n) is 9.49. The molecule has 1 aromatic heterocycles. The summed E-state index contributed by atoms with van der Waals surface area (Å²) >= 11 is 3.12. The van der Waals surface area contributed by atoms with Crippen molar-refractivity contribution in [2.45, 2.75) is 0 Å². The monoisotopic (exact) mass is 327 g/mol. The van der Waals surface area contributed by atoms with E-state index in [1.807, 2.05) is 0 Å². The number of carbonyl (C=O) groups is 1. The maximum atomic E-state index is 12.9. The van der Waals surface area contributed by atoms with Gasteiger partial charge in [0.15, 0.2) is 4.67 Å². The Balaban J connectivity index is 2.03. The van der Waals surface area contributed by atoms with Crippen molar-refractivity contribution in [2.24, 2.45) is 0 Å². The zero-order valence-corrected chi connectivity index (χ0v) is 11.1. The molecule has 0 aliphatic rings. The predicted octanol–water partition coefficient (Wildman–Crippen LogP) is 3.97. The first-order valence-electron chi connectivity index (χ1n) is 5.23. The Morgan fingerprint density at radius 2 is 1.89 bits per heavy atom. The van der Waals surface area contributed by atoms with Gasteiger partial charge >= 0.3 is 0 Å². The van der Waals surface area contributed by atoms with Crippen molar-refractivity contribution in [2.75, 3.05) is 5.32 Å². The van der Waals surface area contributed by atoms with Crippen LogP contribution in [0.3, 0.4) is 0 Å². The van der Waals surface area contributed by atoms with Crippen molar-refractivity contribution < 1.29 is 18.0 Å². The van der Waals surface area contributed by atoms with Gasteiger partial charge in [-0.1, -0.05) is 0 Å². The van der Waals surface area contributed by atoms with Gasteiger partial charge in [0.25, 0.3) is 0 Å². The number of nitrogens with one attached hydrogen (secondary N) is 1. The van der Waals surface area contributed by atoms with Crippen molar-refractivity contribution in [3.05, 3.63) is 58.5 Å². The van der Waals surface area contributed by atoms with Gasteiger partial charge in [-0.25, -0.2) is 8.78 Å². The van der Waals surface area contributed by atoms with Gasteiger partial charge in [0.1, 0.15) is 17.4 Å². The summed E-state index contributed by atoms with van der Waals surface area (Å²) in [5.74, 6) is -1.55. The van der Waals surface area contributed by atoms with Crippen molar-refractivity contribution in [3.63, 3.8) is 0 Å². The average molecular weight is 328 g/mol. The van der Waals surface area contributed by atoms with Crippen molar-refractivity contribution >= 4 is 33.6 Å². The summed E-state index contributed by atoms with van der Waals surface area (Å²) < 4.78 is 31.5. The lowest BCUT2D eigenvalue weighted by Gasteiger charge is -2.02. The summed E-state index contributed by atoms with van der Waals surface area (Å²) in [5.41, 5.74) is 0.0489. The SMILES string of the molecule is O=C(/C=C/c1ccc(Br)o1)Nc1cc(F)cc(F)c1. The first-order valence-corrected chi connectivity index (χ1v) is 6.03. The summed E-state index contributed by atoms with van der Waals surface area (Å²) in [6.07, 6.45) is 2.64. The quantitative estimate of drug-likeness (QED) is 0.866. The fourth-order valence-electron chi connectivity index (χ4n) is 1.39. The van der Waals surface area contributed by atoms with E-state index in [2.05, 4.69) is 21.2 Å². The van der Waals surface area contributed by atoms with Gasteiger partial charge in [-0.2, -0.15) is 0 Å². The number of halogens is 3. The molecular weight excluding hydrogens is 320 g/mol. The molecule has 0 fully saturated rings. The molecule has 2 rings (SSSR count). The lowest BCUT2D eigenvalue weighted by Crippen LogP contribution is -2.08. The molecule has 0 spiro atoms. The Hall–Kier alpha value is -1.95. The van der Waals surface area contributed by atoms with E-state index in [9.17, 15) is 13.6 Å². The van der Waals surface area contributed by atoms with Gasteiger partial charge < -0.3 is 9.73 Å². The minimum atomic E-state index is -0.755. The van der Waals surface area contributed by atoms with Crippen LogP contribution in [0, 0.1) is 11.6 Å². The maximum Gasteiger partial charge on any atom is 0.248 e. The number of anilines is 1. The zero-order chi connectivity index (χ0) is 13.8. The van der Waals surface area contributed by atoms with Gasteiger partial charge in [0.2, 0.25) is 5.91 Å². The molecule has 3 nitrogen and oxygen atoms in total. The molecular formula is C13H8BrF2NO2. The fourth-order valence-corrected chi connectivity index (χ4v) is 1.70. The molecule has 0 bridgehead atoms. The van der Waals surface area contributed by atoms with Crippen LogP contribution in [-0.4, -0.2) is 5.91 Å². The normalized spacial score (nSPS) is 10.9. The van der Waals surface area contributed by atoms with Crippen LogP contribution >= 0.6 is 15.9 Å². The topological polar surface area (TPSA) is 42.2 Å². The Kier molecular flexibility index (Phi) is 4.11. The third-order valence-corrected chi connectivity index (χ3v) is 2.55. The number of carbonyl (C=O) groups excluding carboxylic acids is 1. The van der Waals surface area contributed by atoms with E-state index in [1.54, 1.807) is 12.1 Å². The van der Waals surface area contributed by atoms with Crippen LogP contribution in [0.4, 0.5) is 14.5 Å². The molecule has 0 aliphatic heterocycles. The highest BCUT2D eigenvalue weighted by Crippen LogP contribution is 2.16. The van der Waals surface area contributed by atoms with Crippen molar-refractivity contribution in [3.8, 4) is 0 Å². The van der Waals surface area contributed by atoms with Crippen molar-refractivity contribution in [1.29, 1.82) is 0 Å². The number of benzene rings is 1. The van der Waals surface area contributed by atoms with Crippen LogP contribution in [0.25, 0.3) is 6.08 Å². The van der Waals surface area contributed by atoms with E-state index in [0.29, 0.717) is 10.4 Å². The van der Waals surface area contributed by atoms with E-state index in [1.165, 1.54) is 12.2 Å². The van der Waals surface area contributed by atoms with E-state index in [-0.39, 0.29) is 5.69 Å². The molecule has 0 atom stereocenters. The number of hydrogen-bond donors (Lipinski definition) is 1. The van der Waals surface area contributed by atoms with Crippen LogP contribution in [0.2, 0.25) is 0 Å². The molecule has 1 N–H and O–H groups in total. The summed E-state index contributed by atoms with van der Waals surface area (Å²) in [7, 11) is 0. The molecule has 1 heterocycles. The number of amides is 1. The molecule has 2 aromatic rings. The fraction of sp³-hybridized carbons (Fsp3) is 0. The van der Waals surface area contributed by atoms with Gasteiger partial charge in [0.05, 0.1) is 0 Å². The molecule has 0 unspecified atom stereocenters. The van der Waals surface area contributed by atoms with Crippen LogP contribution in [0.5, 0.6) is 0 Å². The summed E-state index contributed by atoms with van der Waals surface area (Å²) in [4.78, 5) is 11.5. The largest absolute Gasteiger partial charge is 0.450 e. The molecule has 6 heteroatoms. The molecule has 0 saturated heterocycles. The van der Waals surface area contributed by atoms with Crippen molar-refractivity contribution in [1.82, 2.24) is 0 Å². The Bertz CT molecular complexity index is 617. The molecule has 19 heavy (non-hydrogen) atoms. The maximum absolute atomic E-state index is 12.9. The minimum Gasteiger partial charge on any atom is -0.450 e. The Morgan fingerprint density at radius 3 is 2.47 bits per heavy atom. The lowest BCUT2D eigenvalue weighted by molar-refractivity contribution is -0.111. The van der Waals surface area contributed by atoms with Gasteiger partial charge in [-0.05, 0) is 46.3 Å². The predicted molar refractivity (Wildman–Crippen MR) is 70.4 cm³/mol. The molecule has 0 saturated carbocycles. The molecule has 98 valence electrons. The standard InChI is InChI=1S/C13H8BrF2NO2/c14-12-3-1-11(19-12)2-4-13(18)17-10-6-8(15)5-9(16)7-10/h1-7H,(H,17,18)/b4-2+. The van der Waals surface area contributed by atoms with E-state index in [0.717, 1.165) is 18.2 Å². The number of furan rings is 1. The first-order chi connectivity index (χ1) is 9.02. The highest BCUT2D eigenvalue weighted by molar-refractivity contribution is 9.10. The molecule has 0 aliphatic carbocycles. The molecule has 0 radical (unpaired) electrons. The number of hydrogen-bond acceptors (Lipinski definition) is 2. The molecule has 1 aromatic carbocycles. The van der Waals surface area contributed by atoms with Gasteiger partial charge in [-0.15, -0.1) is 0 Å². The highest BCUT2D eigenvalue weighted by Gasteiger charge is 2.03. The van der Waals surface area contributed by atoms with E-state index < -0.39 is 17.5 Å². The van der Waals surface area contributed by atoms with Crippen LogP contribution in [0.15, 0.2) is 45.5 Å². The minimum absolute atomic E-state index is 0.0489. The Labute approximate surface area is 116 Å². The summed E-state index contributed by atoms with van der Waals surface area (Å²) in [6, 6.07) is 6.12. The smallest absolute Gasteiger partial charge is 0.248 e. The third kappa shape index (κ3) is 4.03.